The maximum absolute atomic E-state index is 14.5. The first kappa shape index (κ1) is 76.1. The number of Topliss-reactive ketones (excluding diaryl/α,β-unsaturated/α-hetero) is 1. The van der Waals surface area contributed by atoms with E-state index >= 15 is 0 Å². The predicted octanol–water partition coefficient (Wildman–Crippen LogP) is 3.82. The van der Waals surface area contributed by atoms with Gasteiger partial charge in [-0.05, 0) is 95.2 Å². The van der Waals surface area contributed by atoms with Crippen LogP contribution in [-0.2, 0) is 61.9 Å². The van der Waals surface area contributed by atoms with Gasteiger partial charge < -0.3 is 92.4 Å². The first-order chi connectivity index (χ1) is 44.1. The summed E-state index contributed by atoms with van der Waals surface area (Å²) < 4.78 is 72.3. The number of amides is 2. The smallest absolute Gasteiger partial charge is 0.411 e. The molecule has 19 atom stereocenters. The number of allylic oxidation sites excluding steroid dienone is 3. The number of rotatable bonds is 25. The zero-order valence-electron chi connectivity index (χ0n) is 53.9. The van der Waals surface area contributed by atoms with Gasteiger partial charge in [-0.3, -0.25) is 29.3 Å². The Morgan fingerprint density at radius 2 is 1.58 bits per heavy atom. The molecule has 0 saturated carbocycles. The highest BCUT2D eigenvalue weighted by Crippen LogP contribution is 2.49. The van der Waals surface area contributed by atoms with Crippen molar-refractivity contribution in [3.63, 3.8) is 0 Å². The summed E-state index contributed by atoms with van der Waals surface area (Å²) in [6.07, 6.45) is -15.2. The zero-order valence-corrected chi connectivity index (χ0v) is 58.5. The monoisotopic (exact) mass is 1480 g/mol. The molecule has 4 aliphatic heterocycles. The largest absolute Gasteiger partial charge is 0.492 e. The van der Waals surface area contributed by atoms with Crippen molar-refractivity contribution in [2.45, 2.75) is 207 Å². The second-order valence-corrected chi connectivity index (χ2v) is 28.6. The Kier molecular flexibility index (Phi) is 27.6. The number of carboxylic acids is 1. The van der Waals surface area contributed by atoms with Gasteiger partial charge in [-0.1, -0.05) is 63.1 Å². The molecule has 0 spiro atoms. The van der Waals surface area contributed by atoms with E-state index < -0.39 is 149 Å². The van der Waals surface area contributed by atoms with Gasteiger partial charge in [0.2, 0.25) is 23.1 Å². The number of ketones is 1. The van der Waals surface area contributed by atoms with Crippen LogP contribution < -0.4 is 25.0 Å². The molecule has 2 aliphatic carbocycles. The molecule has 8 N–H and O–H groups in total. The number of hydroxylamine groups is 1. The third-order valence-corrected chi connectivity index (χ3v) is 22.4. The van der Waals surface area contributed by atoms with Crippen molar-refractivity contribution in [3.8, 4) is 40.9 Å². The number of benzene rings is 1. The number of carbonyl (C=O) groups is 5. The number of methoxy groups -OCH3 is 5. The molecule has 93 heavy (non-hydrogen) atoms. The number of ether oxygens (including phenoxy) is 12. The summed E-state index contributed by atoms with van der Waals surface area (Å²) in [6, 6.07) is -1.69. The van der Waals surface area contributed by atoms with Gasteiger partial charge in [0.05, 0.1) is 97.0 Å². The molecule has 1 aromatic rings. The summed E-state index contributed by atoms with van der Waals surface area (Å²) in [6.45, 7) is 13.9. The van der Waals surface area contributed by atoms with Gasteiger partial charge in [-0.2, -0.15) is 5.48 Å². The molecule has 4 heterocycles. The van der Waals surface area contributed by atoms with Gasteiger partial charge in [0.1, 0.15) is 36.6 Å². The lowest BCUT2D eigenvalue weighted by Gasteiger charge is -2.47. The minimum Gasteiger partial charge on any atom is -0.492 e. The number of carboxylic acid groups (broad SMARTS) is 1. The molecular weight excluding hydrogens is 1390 g/mol. The fourth-order valence-electron chi connectivity index (χ4n) is 11.6. The topological polar surface area (TPSA) is 354 Å². The first-order valence-corrected chi connectivity index (χ1v) is 34.3. The number of likely N-dealkylation sites (N-methyl/N-ethyl adjacent to an activating group) is 1. The normalized spacial score (nSPS) is 33.7. The van der Waals surface area contributed by atoms with Crippen LogP contribution in [0.4, 0.5) is 4.79 Å². The van der Waals surface area contributed by atoms with Crippen molar-refractivity contribution < 1.29 is 116 Å². The van der Waals surface area contributed by atoms with Crippen LogP contribution in [0.1, 0.15) is 96.5 Å². The Morgan fingerprint density at radius 1 is 0.882 bits per heavy atom. The van der Waals surface area contributed by atoms with Crippen LogP contribution in [0.15, 0.2) is 35.1 Å². The molecule has 516 valence electrons. The van der Waals surface area contributed by atoms with E-state index in [1.54, 1.807) is 38.7 Å². The summed E-state index contributed by atoms with van der Waals surface area (Å²) in [5.41, 5.74) is 0.809. The third kappa shape index (κ3) is 18.1. The Bertz CT molecular complexity index is 3080. The maximum Gasteiger partial charge on any atom is 0.411 e. The molecule has 1 aromatic carbocycles. The van der Waals surface area contributed by atoms with Crippen LogP contribution in [0.3, 0.4) is 0 Å². The molecule has 27 nitrogen and oxygen atoms in total. The Labute approximate surface area is 566 Å². The molecule has 2 amide bonds. The van der Waals surface area contributed by atoms with Crippen LogP contribution in [0.25, 0.3) is 0 Å². The summed E-state index contributed by atoms with van der Waals surface area (Å²) >= 11 is 2.78. The van der Waals surface area contributed by atoms with E-state index in [-0.39, 0.29) is 77.2 Å². The van der Waals surface area contributed by atoms with Crippen molar-refractivity contribution in [3.05, 3.63) is 49.8 Å². The minimum absolute atomic E-state index is 0.00298. The molecule has 0 aromatic heterocycles. The number of hydrogen-bond acceptors (Lipinski definition) is 27. The Morgan fingerprint density at radius 3 is 2.22 bits per heavy atom. The summed E-state index contributed by atoms with van der Waals surface area (Å²) in [7, 11) is 9.38. The van der Waals surface area contributed by atoms with E-state index in [9.17, 15) is 54.6 Å². The van der Waals surface area contributed by atoms with E-state index in [2.05, 4.69) is 34.5 Å². The maximum atomic E-state index is 14.5. The molecule has 2 bridgehead atoms. The molecule has 6 aliphatic rings. The molecule has 7 rings (SSSR count). The highest BCUT2D eigenvalue weighted by molar-refractivity contribution is 14.1. The first-order valence-electron chi connectivity index (χ1n) is 30.0. The fourth-order valence-corrected chi connectivity index (χ4v) is 15.8. The lowest BCUT2D eigenvalue weighted by Crippen LogP contribution is -2.65. The van der Waals surface area contributed by atoms with Gasteiger partial charge >= 0.3 is 12.1 Å². The van der Waals surface area contributed by atoms with Crippen LogP contribution in [0.5, 0.6) is 17.2 Å². The summed E-state index contributed by atoms with van der Waals surface area (Å²) in [5.74, 6) is 9.77. The molecular formula is C62H84IN3O24S3. The Balaban J connectivity index is 1.15. The van der Waals surface area contributed by atoms with Gasteiger partial charge in [-0.25, -0.2) is 4.79 Å². The highest BCUT2D eigenvalue weighted by Gasteiger charge is 2.52. The quantitative estimate of drug-likeness (QED) is 0.0227. The van der Waals surface area contributed by atoms with Crippen LogP contribution in [-0.4, -0.2) is 239 Å². The highest BCUT2D eigenvalue weighted by atomic mass is 127. The van der Waals surface area contributed by atoms with Crippen molar-refractivity contribution in [2.75, 3.05) is 54.5 Å². The molecule has 0 unspecified atom stereocenters. The second-order valence-electron chi connectivity index (χ2n) is 23.3. The number of aliphatic hydroxyl groups is 5. The van der Waals surface area contributed by atoms with Gasteiger partial charge in [0.15, 0.2) is 41.8 Å². The number of halogens is 1. The summed E-state index contributed by atoms with van der Waals surface area (Å²) in [5, 5.41) is 69.1. The van der Waals surface area contributed by atoms with Crippen LogP contribution in [0.2, 0.25) is 0 Å². The van der Waals surface area contributed by atoms with Crippen LogP contribution >= 0.6 is 55.9 Å². The van der Waals surface area contributed by atoms with E-state index in [1.165, 1.54) is 69.1 Å². The fraction of sp³-hybridized carbons (Fsp3) is 0.661. The number of thioether (sulfide) groups is 1. The average molecular weight is 1480 g/mol. The van der Waals surface area contributed by atoms with Crippen molar-refractivity contribution in [1.82, 2.24) is 15.7 Å². The zero-order chi connectivity index (χ0) is 68.4. The third-order valence-electron chi connectivity index (χ3n) is 16.5. The lowest BCUT2D eigenvalue weighted by molar-refractivity contribution is -0.337. The lowest BCUT2D eigenvalue weighted by atomic mass is 9.75. The number of fused-ring (bicyclic) bond motifs is 2. The summed E-state index contributed by atoms with van der Waals surface area (Å²) in [4.78, 5) is 73.8. The minimum atomic E-state index is -2.18. The number of alkyl carbamates (subject to hydrolysis) is 1. The van der Waals surface area contributed by atoms with Gasteiger partial charge in [-0.15, -0.1) is 0 Å². The number of aliphatic carboxylic acids is 1. The molecule has 4 saturated heterocycles. The van der Waals surface area contributed by atoms with Crippen molar-refractivity contribution in [1.29, 1.82) is 0 Å². The van der Waals surface area contributed by atoms with Gasteiger partial charge in [0.25, 0.3) is 0 Å². The van der Waals surface area contributed by atoms with E-state index in [4.69, 9.17) is 61.7 Å². The number of carbonyl (C=O) groups excluding carboxylic acids is 4. The molecule has 4 fully saturated rings. The van der Waals surface area contributed by atoms with Crippen molar-refractivity contribution >= 4 is 84.8 Å². The van der Waals surface area contributed by atoms with Crippen molar-refractivity contribution in [2.24, 2.45) is 0 Å². The second kappa shape index (κ2) is 33.8. The SMILES string of the molecule is CCN(C(C)=O)[C@H]1CO[C@@H](O[C@H]2[C@H](O[C@H]3C#C/C=C\C#C[C@]4(O)CC(=O)C(NC(=O)OC)=C3/C4=C\CSSC(C)(C)CCC(=O)O)O[C@H](C)[C@@H](NO[C@H]3C[C@H](O)[C@H](SC(=O)c4c(C)c(I)c(O[C@@H]5O[C@@H](C)[C@H](O)[C@@H](OC)[C@H]5O)c(OC)c4OC)[C@@H](C)O3)[C@H]2O)C[C@@H]1OC. The van der Waals surface area contributed by atoms with Crippen LogP contribution in [0, 0.1) is 34.2 Å². The number of aliphatic hydroxyl groups excluding tert-OH is 4. The average Bonchev–Trinajstić information content (AvgIpc) is 0.764. The van der Waals surface area contributed by atoms with E-state index in [0.717, 1.165) is 18.9 Å². The number of nitrogens with one attached hydrogen (secondary N) is 2. The van der Waals surface area contributed by atoms with E-state index in [0.29, 0.717) is 22.1 Å². The van der Waals surface area contributed by atoms with E-state index in [1.807, 2.05) is 43.4 Å². The standard InChI is InChI=1S/C62H84IN3O24S3/c1-14-66(33(6)67)35-28-83-41(26-39(35)78-9)88-54-49(73)46(30(3)85-59(54)87-38-19-17-15-16-18-22-62(77)27-37(69)47(64-60(76)82-13)44(38)34(62)21-24-91-93-61(7,8)23-20-40(70)71)65-90-42-25-36(68)56(32(5)84-42)92-57(75)43-29(2)45(63)52(55(81-12)51(43)79-10)89-58-50(74)53(80-11)48(72)31(4)86-58/h15-16,21,30-32,35-36,38-39,41-42,46,48-50,53-54,56,58-59,65,68,72-74,77H,14,20,23-28H2,1-13H3,(H,64,76)(H,70,71)/b16-15-,34-21+/t30-,31+,32-,35+,36+,38+,39+,41+,42+,46-,48+,49-,50-,53-,54-,56-,58+,59+,62+/m1/s1. The van der Waals surface area contributed by atoms with Gasteiger partial charge in [0, 0.05) is 68.6 Å². The number of nitrogens with zero attached hydrogens (tertiary/aromatic N) is 1. The molecule has 31 heteroatoms. The Hall–Kier alpha value is -4.31. The predicted molar refractivity (Wildman–Crippen MR) is 346 cm³/mol. The molecule has 0 radical (unpaired) electrons. The number of hydrogen-bond donors (Lipinski definition) is 8.